The molecular formula is C11H17N. The third kappa shape index (κ3) is 2.26. The van der Waals surface area contributed by atoms with Crippen molar-refractivity contribution in [1.29, 1.82) is 0 Å². The zero-order chi connectivity index (χ0) is 8.97. The standard InChI is InChI=1S/C11H17N/c1-4-12-11-7-5-10(6-8-11)9(2)3/h5-9,12H,4H2,1-3H3. The zero-order valence-electron chi connectivity index (χ0n) is 8.09. The molecule has 0 aliphatic carbocycles. The van der Waals surface area contributed by atoms with E-state index in [2.05, 4.69) is 50.4 Å². The molecule has 0 unspecified atom stereocenters. The summed E-state index contributed by atoms with van der Waals surface area (Å²) in [6.07, 6.45) is 0. The van der Waals surface area contributed by atoms with E-state index in [0.717, 1.165) is 6.54 Å². The molecule has 1 heteroatoms. The molecule has 1 rings (SSSR count). The van der Waals surface area contributed by atoms with Gasteiger partial charge in [-0.2, -0.15) is 0 Å². The van der Waals surface area contributed by atoms with Gasteiger partial charge in [-0.25, -0.2) is 0 Å². The Morgan fingerprint density at radius 2 is 1.75 bits per heavy atom. The van der Waals surface area contributed by atoms with E-state index in [-0.39, 0.29) is 0 Å². The van der Waals surface area contributed by atoms with Gasteiger partial charge in [0.15, 0.2) is 0 Å². The highest BCUT2D eigenvalue weighted by atomic mass is 14.8. The van der Waals surface area contributed by atoms with Gasteiger partial charge in [0.25, 0.3) is 0 Å². The van der Waals surface area contributed by atoms with E-state index in [1.807, 2.05) is 0 Å². The largest absolute Gasteiger partial charge is 0.385 e. The first-order chi connectivity index (χ1) is 5.74. The molecule has 0 saturated carbocycles. The highest BCUT2D eigenvalue weighted by Crippen LogP contribution is 2.16. The van der Waals surface area contributed by atoms with Crippen LogP contribution in [0.15, 0.2) is 24.3 Å². The maximum atomic E-state index is 3.27. The Hall–Kier alpha value is -0.980. The molecule has 0 radical (unpaired) electrons. The molecule has 0 aliphatic heterocycles. The second-order valence-corrected chi connectivity index (χ2v) is 3.31. The Labute approximate surface area is 74.8 Å². The van der Waals surface area contributed by atoms with E-state index in [4.69, 9.17) is 0 Å². The van der Waals surface area contributed by atoms with Gasteiger partial charge in [-0.1, -0.05) is 26.0 Å². The lowest BCUT2D eigenvalue weighted by molar-refractivity contribution is 0.867. The molecule has 0 atom stereocenters. The summed E-state index contributed by atoms with van der Waals surface area (Å²) >= 11 is 0. The van der Waals surface area contributed by atoms with E-state index in [1.54, 1.807) is 0 Å². The predicted octanol–water partition coefficient (Wildman–Crippen LogP) is 3.24. The summed E-state index contributed by atoms with van der Waals surface area (Å²) in [6, 6.07) is 8.64. The van der Waals surface area contributed by atoms with Crippen LogP contribution in [-0.2, 0) is 0 Å². The first kappa shape index (κ1) is 9.11. The summed E-state index contributed by atoms with van der Waals surface area (Å²) in [6.45, 7) is 7.52. The van der Waals surface area contributed by atoms with Crippen LogP contribution in [0.3, 0.4) is 0 Å². The average Bonchev–Trinajstić information content (AvgIpc) is 2.06. The summed E-state index contributed by atoms with van der Waals surface area (Å²) < 4.78 is 0. The van der Waals surface area contributed by atoms with Gasteiger partial charge in [-0.05, 0) is 30.5 Å². The molecule has 1 N–H and O–H groups in total. The van der Waals surface area contributed by atoms with Crippen LogP contribution in [0.25, 0.3) is 0 Å². The first-order valence-electron chi connectivity index (χ1n) is 4.58. The second-order valence-electron chi connectivity index (χ2n) is 3.31. The van der Waals surface area contributed by atoms with Crippen LogP contribution in [0.2, 0.25) is 0 Å². The number of rotatable bonds is 3. The van der Waals surface area contributed by atoms with Crippen molar-refractivity contribution in [3.8, 4) is 0 Å². The Bertz CT molecular complexity index is 223. The monoisotopic (exact) mass is 163 g/mol. The molecule has 66 valence electrons. The Kier molecular flexibility index (Phi) is 3.15. The summed E-state index contributed by atoms with van der Waals surface area (Å²) in [5.41, 5.74) is 2.61. The van der Waals surface area contributed by atoms with Gasteiger partial charge < -0.3 is 5.32 Å². The minimum Gasteiger partial charge on any atom is -0.385 e. The van der Waals surface area contributed by atoms with E-state index in [0.29, 0.717) is 5.92 Å². The van der Waals surface area contributed by atoms with Crippen LogP contribution in [0.4, 0.5) is 5.69 Å². The molecule has 0 fully saturated rings. The molecule has 0 bridgehead atoms. The fraction of sp³-hybridized carbons (Fsp3) is 0.455. The minimum absolute atomic E-state index is 0.626. The van der Waals surface area contributed by atoms with E-state index in [9.17, 15) is 0 Å². The number of nitrogens with one attached hydrogen (secondary N) is 1. The first-order valence-corrected chi connectivity index (χ1v) is 4.58. The van der Waals surface area contributed by atoms with Crippen molar-refractivity contribution in [2.75, 3.05) is 11.9 Å². The van der Waals surface area contributed by atoms with Gasteiger partial charge in [0.1, 0.15) is 0 Å². The normalized spacial score (nSPS) is 10.3. The van der Waals surface area contributed by atoms with Gasteiger partial charge in [0.05, 0.1) is 0 Å². The molecule has 0 aliphatic rings. The average molecular weight is 163 g/mol. The second kappa shape index (κ2) is 4.15. The fourth-order valence-corrected chi connectivity index (χ4v) is 1.19. The van der Waals surface area contributed by atoms with Crippen molar-refractivity contribution in [3.05, 3.63) is 29.8 Å². The van der Waals surface area contributed by atoms with Crippen LogP contribution in [0.5, 0.6) is 0 Å². The quantitative estimate of drug-likeness (QED) is 0.721. The van der Waals surface area contributed by atoms with Gasteiger partial charge in [-0.3, -0.25) is 0 Å². The van der Waals surface area contributed by atoms with Crippen LogP contribution < -0.4 is 5.32 Å². The van der Waals surface area contributed by atoms with Crippen LogP contribution >= 0.6 is 0 Å². The molecule has 1 aromatic carbocycles. The lowest BCUT2D eigenvalue weighted by Crippen LogP contribution is -1.96. The smallest absolute Gasteiger partial charge is 0.0340 e. The van der Waals surface area contributed by atoms with E-state index in [1.165, 1.54) is 11.3 Å². The molecule has 1 aromatic rings. The van der Waals surface area contributed by atoms with Crippen molar-refractivity contribution in [1.82, 2.24) is 0 Å². The van der Waals surface area contributed by atoms with E-state index < -0.39 is 0 Å². The SMILES string of the molecule is CCNc1ccc(C(C)C)cc1. The lowest BCUT2D eigenvalue weighted by Gasteiger charge is -2.07. The van der Waals surface area contributed by atoms with Gasteiger partial charge in [-0.15, -0.1) is 0 Å². The van der Waals surface area contributed by atoms with Crippen LogP contribution in [0, 0.1) is 0 Å². The molecular weight excluding hydrogens is 146 g/mol. The van der Waals surface area contributed by atoms with Crippen LogP contribution in [0.1, 0.15) is 32.3 Å². The van der Waals surface area contributed by atoms with Crippen molar-refractivity contribution < 1.29 is 0 Å². The number of anilines is 1. The summed E-state index contributed by atoms with van der Waals surface area (Å²) in [5, 5.41) is 3.27. The van der Waals surface area contributed by atoms with Crippen molar-refractivity contribution in [2.24, 2.45) is 0 Å². The van der Waals surface area contributed by atoms with E-state index >= 15 is 0 Å². The molecule has 0 amide bonds. The highest BCUT2D eigenvalue weighted by Gasteiger charge is 1.97. The maximum Gasteiger partial charge on any atom is 0.0340 e. The van der Waals surface area contributed by atoms with Crippen molar-refractivity contribution in [3.63, 3.8) is 0 Å². The Balaban J connectivity index is 2.71. The molecule has 0 aromatic heterocycles. The molecule has 0 spiro atoms. The molecule has 1 nitrogen and oxygen atoms in total. The van der Waals surface area contributed by atoms with Crippen molar-refractivity contribution in [2.45, 2.75) is 26.7 Å². The summed E-state index contributed by atoms with van der Waals surface area (Å²) in [7, 11) is 0. The predicted molar refractivity (Wildman–Crippen MR) is 54.7 cm³/mol. The van der Waals surface area contributed by atoms with Gasteiger partial charge in [0, 0.05) is 12.2 Å². The molecule has 0 saturated heterocycles. The Morgan fingerprint density at radius 3 is 2.17 bits per heavy atom. The van der Waals surface area contributed by atoms with Gasteiger partial charge in [0.2, 0.25) is 0 Å². The number of hydrogen-bond donors (Lipinski definition) is 1. The fourth-order valence-electron chi connectivity index (χ4n) is 1.19. The molecule has 0 heterocycles. The van der Waals surface area contributed by atoms with Gasteiger partial charge >= 0.3 is 0 Å². The third-order valence-electron chi connectivity index (χ3n) is 1.96. The zero-order valence-corrected chi connectivity index (χ0v) is 8.09. The Morgan fingerprint density at radius 1 is 1.17 bits per heavy atom. The van der Waals surface area contributed by atoms with Crippen molar-refractivity contribution >= 4 is 5.69 Å². The molecule has 12 heavy (non-hydrogen) atoms. The topological polar surface area (TPSA) is 12.0 Å². The number of benzene rings is 1. The highest BCUT2D eigenvalue weighted by molar-refractivity contribution is 5.44. The third-order valence-corrected chi connectivity index (χ3v) is 1.96. The number of hydrogen-bond acceptors (Lipinski definition) is 1. The minimum atomic E-state index is 0.626. The maximum absolute atomic E-state index is 3.27. The summed E-state index contributed by atoms with van der Waals surface area (Å²) in [5.74, 6) is 0.626. The lowest BCUT2D eigenvalue weighted by atomic mass is 10.0. The summed E-state index contributed by atoms with van der Waals surface area (Å²) in [4.78, 5) is 0. The van der Waals surface area contributed by atoms with Crippen LogP contribution in [-0.4, -0.2) is 6.54 Å².